The predicted molar refractivity (Wildman–Crippen MR) is 73.0 cm³/mol. The van der Waals surface area contributed by atoms with E-state index in [0.717, 1.165) is 25.9 Å². The molecule has 2 fully saturated rings. The first kappa shape index (κ1) is 12.7. The average Bonchev–Trinajstić information content (AvgIpc) is 3.02. The summed E-state index contributed by atoms with van der Waals surface area (Å²) in [7, 11) is 0. The quantitative estimate of drug-likeness (QED) is 0.775. The molecule has 0 atom stereocenters. The zero-order chi connectivity index (χ0) is 13.1. The molecule has 0 unspecified atom stereocenters. The van der Waals surface area contributed by atoms with E-state index < -0.39 is 0 Å². The first-order valence-corrected chi connectivity index (χ1v) is 7.37. The second-order valence-corrected chi connectivity index (χ2v) is 5.55. The number of hydrogen-bond acceptors (Lipinski definition) is 3. The van der Waals surface area contributed by atoms with Crippen LogP contribution in [0.25, 0.3) is 0 Å². The molecule has 5 nitrogen and oxygen atoms in total. The van der Waals surface area contributed by atoms with E-state index in [0.29, 0.717) is 6.04 Å². The number of rotatable bonds is 1. The molecule has 1 aromatic heterocycles. The molecule has 3 heterocycles. The lowest BCUT2D eigenvalue weighted by atomic mass is 10.0. The molecule has 19 heavy (non-hydrogen) atoms. The molecule has 5 heteroatoms. The van der Waals surface area contributed by atoms with Crippen LogP contribution in [0.1, 0.15) is 32.1 Å². The van der Waals surface area contributed by atoms with Crippen molar-refractivity contribution in [2.75, 3.05) is 26.2 Å². The summed E-state index contributed by atoms with van der Waals surface area (Å²) in [4.78, 5) is 16.7. The molecule has 0 aliphatic carbocycles. The first-order chi connectivity index (χ1) is 9.34. The number of likely N-dealkylation sites (tertiary alicyclic amines) is 2. The molecule has 0 radical (unpaired) electrons. The van der Waals surface area contributed by atoms with Crippen molar-refractivity contribution in [1.29, 1.82) is 0 Å². The third-order valence-electron chi connectivity index (χ3n) is 4.34. The third kappa shape index (κ3) is 2.81. The Bertz CT molecular complexity index is 403. The SMILES string of the molecule is O=C(N1CCC(N2CCCCC2)CC1)n1cccn1. The summed E-state index contributed by atoms with van der Waals surface area (Å²) in [5, 5.41) is 4.02. The van der Waals surface area contributed by atoms with Gasteiger partial charge in [-0.2, -0.15) is 9.78 Å². The van der Waals surface area contributed by atoms with Crippen molar-refractivity contribution in [2.24, 2.45) is 0 Å². The van der Waals surface area contributed by atoms with E-state index in [9.17, 15) is 4.79 Å². The molecule has 0 aromatic carbocycles. The Morgan fingerprint density at radius 2 is 1.79 bits per heavy atom. The molecular weight excluding hydrogens is 240 g/mol. The molecule has 2 aliphatic heterocycles. The fraction of sp³-hybridized carbons (Fsp3) is 0.714. The number of carbonyl (C=O) groups is 1. The van der Waals surface area contributed by atoms with Gasteiger partial charge in [0.05, 0.1) is 0 Å². The Morgan fingerprint density at radius 1 is 1.05 bits per heavy atom. The van der Waals surface area contributed by atoms with Crippen LogP contribution in [0.5, 0.6) is 0 Å². The highest BCUT2D eigenvalue weighted by molar-refractivity contribution is 5.75. The molecule has 1 amide bonds. The summed E-state index contributed by atoms with van der Waals surface area (Å²) in [6.07, 6.45) is 9.64. The number of aromatic nitrogens is 2. The highest BCUT2D eigenvalue weighted by Gasteiger charge is 2.28. The van der Waals surface area contributed by atoms with Gasteiger partial charge in [0.25, 0.3) is 0 Å². The van der Waals surface area contributed by atoms with Crippen molar-refractivity contribution in [1.82, 2.24) is 19.6 Å². The molecule has 104 valence electrons. The van der Waals surface area contributed by atoms with Gasteiger partial charge in [-0.15, -0.1) is 0 Å². The van der Waals surface area contributed by atoms with Crippen LogP contribution in [-0.4, -0.2) is 57.8 Å². The summed E-state index contributed by atoms with van der Waals surface area (Å²) in [5.41, 5.74) is 0. The number of nitrogens with zero attached hydrogens (tertiary/aromatic N) is 4. The normalized spacial score (nSPS) is 22.6. The highest BCUT2D eigenvalue weighted by Crippen LogP contribution is 2.21. The lowest BCUT2D eigenvalue weighted by molar-refractivity contribution is 0.101. The maximum Gasteiger partial charge on any atom is 0.344 e. The Labute approximate surface area is 114 Å². The number of piperidine rings is 2. The van der Waals surface area contributed by atoms with Gasteiger partial charge >= 0.3 is 6.03 Å². The van der Waals surface area contributed by atoms with Crippen molar-refractivity contribution in [2.45, 2.75) is 38.1 Å². The Hall–Kier alpha value is -1.36. The molecule has 0 N–H and O–H groups in total. The van der Waals surface area contributed by atoms with Crippen LogP contribution >= 0.6 is 0 Å². The summed E-state index contributed by atoms with van der Waals surface area (Å²) >= 11 is 0. The lowest BCUT2D eigenvalue weighted by Crippen LogP contribution is -2.49. The minimum Gasteiger partial charge on any atom is -0.323 e. The second kappa shape index (κ2) is 5.74. The van der Waals surface area contributed by atoms with Gasteiger partial charge in [-0.3, -0.25) is 0 Å². The van der Waals surface area contributed by atoms with Crippen LogP contribution in [0.3, 0.4) is 0 Å². The zero-order valence-corrected chi connectivity index (χ0v) is 11.4. The predicted octanol–water partition coefficient (Wildman–Crippen LogP) is 1.80. The van der Waals surface area contributed by atoms with Crippen LogP contribution in [-0.2, 0) is 0 Å². The zero-order valence-electron chi connectivity index (χ0n) is 11.4. The molecular formula is C14H22N4O. The van der Waals surface area contributed by atoms with Gasteiger partial charge in [0.1, 0.15) is 0 Å². The van der Waals surface area contributed by atoms with E-state index in [1.807, 2.05) is 4.90 Å². The van der Waals surface area contributed by atoms with E-state index in [-0.39, 0.29) is 6.03 Å². The topological polar surface area (TPSA) is 41.4 Å². The highest BCUT2D eigenvalue weighted by atomic mass is 16.2. The van der Waals surface area contributed by atoms with Crippen LogP contribution in [0, 0.1) is 0 Å². The van der Waals surface area contributed by atoms with Crippen molar-refractivity contribution in [3.05, 3.63) is 18.5 Å². The monoisotopic (exact) mass is 262 g/mol. The molecule has 0 bridgehead atoms. The fourth-order valence-corrected chi connectivity index (χ4v) is 3.23. The van der Waals surface area contributed by atoms with Crippen LogP contribution < -0.4 is 0 Å². The van der Waals surface area contributed by atoms with E-state index in [1.165, 1.54) is 37.0 Å². The number of hydrogen-bond donors (Lipinski definition) is 0. The second-order valence-electron chi connectivity index (χ2n) is 5.55. The van der Waals surface area contributed by atoms with E-state index in [2.05, 4.69) is 10.00 Å². The third-order valence-corrected chi connectivity index (χ3v) is 4.34. The minimum atomic E-state index is 0.0158. The standard InChI is InChI=1S/C14H22N4O/c19-14(18-10-4-7-15-18)17-11-5-13(6-12-17)16-8-2-1-3-9-16/h4,7,10,13H,1-3,5-6,8-9,11-12H2. The van der Waals surface area contributed by atoms with Gasteiger partial charge < -0.3 is 9.80 Å². The van der Waals surface area contributed by atoms with Gasteiger partial charge in [0, 0.05) is 31.5 Å². The van der Waals surface area contributed by atoms with Crippen molar-refractivity contribution in [3.63, 3.8) is 0 Å². The Balaban J connectivity index is 1.53. The van der Waals surface area contributed by atoms with Crippen LogP contribution in [0.4, 0.5) is 4.79 Å². The fourth-order valence-electron chi connectivity index (χ4n) is 3.23. The largest absolute Gasteiger partial charge is 0.344 e. The Morgan fingerprint density at radius 3 is 2.42 bits per heavy atom. The minimum absolute atomic E-state index is 0.0158. The first-order valence-electron chi connectivity index (χ1n) is 7.37. The van der Waals surface area contributed by atoms with E-state index >= 15 is 0 Å². The summed E-state index contributed by atoms with van der Waals surface area (Å²) in [6.45, 7) is 4.22. The lowest BCUT2D eigenvalue weighted by Gasteiger charge is -2.40. The maximum absolute atomic E-state index is 12.2. The van der Waals surface area contributed by atoms with Gasteiger partial charge in [-0.25, -0.2) is 4.79 Å². The summed E-state index contributed by atoms with van der Waals surface area (Å²) in [5.74, 6) is 0. The van der Waals surface area contributed by atoms with Crippen molar-refractivity contribution in [3.8, 4) is 0 Å². The van der Waals surface area contributed by atoms with Crippen molar-refractivity contribution >= 4 is 6.03 Å². The smallest absolute Gasteiger partial charge is 0.323 e. The maximum atomic E-state index is 12.2. The molecule has 0 saturated carbocycles. The van der Waals surface area contributed by atoms with E-state index in [4.69, 9.17) is 0 Å². The van der Waals surface area contributed by atoms with Crippen LogP contribution in [0.15, 0.2) is 18.5 Å². The Kier molecular flexibility index (Phi) is 3.82. The van der Waals surface area contributed by atoms with Gasteiger partial charge in [-0.1, -0.05) is 6.42 Å². The molecule has 2 saturated heterocycles. The average molecular weight is 262 g/mol. The summed E-state index contributed by atoms with van der Waals surface area (Å²) < 4.78 is 1.43. The summed E-state index contributed by atoms with van der Waals surface area (Å²) in [6, 6.07) is 2.49. The van der Waals surface area contributed by atoms with Gasteiger partial charge in [0.2, 0.25) is 0 Å². The van der Waals surface area contributed by atoms with Gasteiger partial charge in [0.15, 0.2) is 0 Å². The van der Waals surface area contributed by atoms with E-state index in [1.54, 1.807) is 18.5 Å². The van der Waals surface area contributed by atoms with Crippen LogP contribution in [0.2, 0.25) is 0 Å². The van der Waals surface area contributed by atoms with Crippen molar-refractivity contribution < 1.29 is 4.79 Å². The molecule has 2 aliphatic rings. The number of carbonyl (C=O) groups excluding carboxylic acids is 1. The molecule has 0 spiro atoms. The van der Waals surface area contributed by atoms with Gasteiger partial charge in [-0.05, 0) is 44.8 Å². The number of amides is 1. The molecule has 1 aromatic rings. The molecule has 3 rings (SSSR count).